The minimum Gasteiger partial charge on any atom is -0.381 e. The summed E-state index contributed by atoms with van der Waals surface area (Å²) in [7, 11) is 0. The van der Waals surface area contributed by atoms with Crippen LogP contribution < -0.4 is 5.32 Å². The normalized spacial score (nSPS) is 25.5. The Hall–Kier alpha value is 0.270. The molecule has 0 spiro atoms. The molecule has 3 heteroatoms. The van der Waals surface area contributed by atoms with Crippen molar-refractivity contribution in [1.29, 1.82) is 0 Å². The van der Waals surface area contributed by atoms with Gasteiger partial charge in [-0.05, 0) is 37.0 Å². The Morgan fingerprint density at radius 3 is 2.88 bits per heavy atom. The van der Waals surface area contributed by atoms with Crippen LogP contribution >= 0.6 is 11.8 Å². The van der Waals surface area contributed by atoms with Gasteiger partial charge >= 0.3 is 0 Å². The smallest absolute Gasteiger partial charge is 0.0488 e. The summed E-state index contributed by atoms with van der Waals surface area (Å²) < 4.78 is 5.67. The molecule has 1 heterocycles. The Balaban J connectivity index is 2.09. The van der Waals surface area contributed by atoms with Crippen molar-refractivity contribution in [2.45, 2.75) is 39.7 Å². The zero-order chi connectivity index (χ0) is 11.8. The van der Waals surface area contributed by atoms with Crippen LogP contribution in [-0.4, -0.2) is 37.3 Å². The first-order valence-corrected chi connectivity index (χ1v) is 7.78. The molecule has 2 unspecified atom stereocenters. The van der Waals surface area contributed by atoms with Crippen LogP contribution in [0.25, 0.3) is 0 Å². The molecule has 1 aliphatic heterocycles. The SMILES string of the molecule is CCCNC1CSCC1CCOCC(C)C. The lowest BCUT2D eigenvalue weighted by Crippen LogP contribution is -2.36. The fraction of sp³-hybridized carbons (Fsp3) is 1.00. The van der Waals surface area contributed by atoms with Crippen molar-refractivity contribution >= 4 is 11.8 Å². The van der Waals surface area contributed by atoms with Gasteiger partial charge in [0.25, 0.3) is 0 Å². The van der Waals surface area contributed by atoms with Crippen LogP contribution in [0.15, 0.2) is 0 Å². The highest BCUT2D eigenvalue weighted by Gasteiger charge is 2.26. The van der Waals surface area contributed by atoms with Crippen LogP contribution in [0.1, 0.15) is 33.6 Å². The Labute approximate surface area is 105 Å². The van der Waals surface area contributed by atoms with Crippen molar-refractivity contribution in [2.24, 2.45) is 11.8 Å². The summed E-state index contributed by atoms with van der Waals surface area (Å²) in [4.78, 5) is 0. The molecule has 0 aromatic rings. The van der Waals surface area contributed by atoms with Gasteiger partial charge in [0.15, 0.2) is 0 Å². The lowest BCUT2D eigenvalue weighted by atomic mass is 10.0. The second-order valence-electron chi connectivity index (χ2n) is 5.12. The molecular weight excluding hydrogens is 218 g/mol. The molecule has 0 aromatic carbocycles. The van der Waals surface area contributed by atoms with E-state index in [1.165, 1.54) is 24.3 Å². The molecular formula is C13H27NOS. The van der Waals surface area contributed by atoms with Gasteiger partial charge in [-0.2, -0.15) is 11.8 Å². The molecule has 1 saturated heterocycles. The summed E-state index contributed by atoms with van der Waals surface area (Å²) >= 11 is 2.09. The van der Waals surface area contributed by atoms with E-state index in [9.17, 15) is 0 Å². The molecule has 2 nitrogen and oxygen atoms in total. The van der Waals surface area contributed by atoms with Gasteiger partial charge in [0, 0.05) is 25.0 Å². The largest absolute Gasteiger partial charge is 0.381 e. The van der Waals surface area contributed by atoms with Crippen LogP contribution in [0.5, 0.6) is 0 Å². The van der Waals surface area contributed by atoms with Crippen LogP contribution in [0.2, 0.25) is 0 Å². The Bertz CT molecular complexity index is 175. The molecule has 1 fully saturated rings. The maximum Gasteiger partial charge on any atom is 0.0488 e. The fourth-order valence-electron chi connectivity index (χ4n) is 1.99. The number of nitrogens with one attached hydrogen (secondary N) is 1. The van der Waals surface area contributed by atoms with Crippen molar-refractivity contribution < 1.29 is 4.74 Å². The molecule has 1 N–H and O–H groups in total. The lowest BCUT2D eigenvalue weighted by molar-refractivity contribution is 0.0972. The summed E-state index contributed by atoms with van der Waals surface area (Å²) in [6.45, 7) is 9.65. The van der Waals surface area contributed by atoms with Crippen molar-refractivity contribution in [1.82, 2.24) is 5.32 Å². The first-order chi connectivity index (χ1) is 7.74. The molecule has 0 aliphatic carbocycles. The zero-order valence-electron chi connectivity index (χ0n) is 11.0. The molecule has 0 saturated carbocycles. The maximum atomic E-state index is 5.67. The highest BCUT2D eigenvalue weighted by molar-refractivity contribution is 7.99. The molecule has 0 radical (unpaired) electrons. The van der Waals surface area contributed by atoms with Crippen LogP contribution in [0.3, 0.4) is 0 Å². The van der Waals surface area contributed by atoms with Gasteiger partial charge in [-0.1, -0.05) is 20.8 Å². The molecule has 2 atom stereocenters. The number of hydrogen-bond donors (Lipinski definition) is 1. The van der Waals surface area contributed by atoms with E-state index in [4.69, 9.17) is 4.74 Å². The monoisotopic (exact) mass is 245 g/mol. The first kappa shape index (κ1) is 14.3. The molecule has 1 rings (SSSR count). The highest BCUT2D eigenvalue weighted by Crippen LogP contribution is 2.26. The number of hydrogen-bond acceptors (Lipinski definition) is 3. The van der Waals surface area contributed by atoms with E-state index in [-0.39, 0.29) is 0 Å². The highest BCUT2D eigenvalue weighted by atomic mass is 32.2. The van der Waals surface area contributed by atoms with Gasteiger partial charge in [-0.15, -0.1) is 0 Å². The number of ether oxygens (including phenoxy) is 1. The van der Waals surface area contributed by atoms with E-state index in [1.807, 2.05) is 0 Å². The van der Waals surface area contributed by atoms with Gasteiger partial charge in [0.2, 0.25) is 0 Å². The Morgan fingerprint density at radius 1 is 1.38 bits per heavy atom. The summed E-state index contributed by atoms with van der Waals surface area (Å²) in [5, 5.41) is 3.65. The second kappa shape index (κ2) is 8.37. The number of rotatable bonds is 8. The van der Waals surface area contributed by atoms with Crippen molar-refractivity contribution in [3.63, 3.8) is 0 Å². The van der Waals surface area contributed by atoms with E-state index in [2.05, 4.69) is 37.8 Å². The van der Waals surface area contributed by atoms with Gasteiger partial charge in [0.05, 0.1) is 0 Å². The number of thioether (sulfide) groups is 1. The molecule has 0 aromatic heterocycles. The van der Waals surface area contributed by atoms with E-state index in [1.54, 1.807) is 0 Å². The first-order valence-electron chi connectivity index (χ1n) is 6.63. The predicted octanol–water partition coefficient (Wildman–Crippen LogP) is 2.78. The fourth-order valence-corrected chi connectivity index (χ4v) is 3.47. The molecule has 1 aliphatic rings. The quantitative estimate of drug-likeness (QED) is 0.664. The zero-order valence-corrected chi connectivity index (χ0v) is 11.8. The van der Waals surface area contributed by atoms with Crippen LogP contribution in [0.4, 0.5) is 0 Å². The van der Waals surface area contributed by atoms with E-state index >= 15 is 0 Å². The van der Waals surface area contributed by atoms with Crippen molar-refractivity contribution in [2.75, 3.05) is 31.3 Å². The summed E-state index contributed by atoms with van der Waals surface area (Å²) in [6.07, 6.45) is 2.46. The maximum absolute atomic E-state index is 5.67. The molecule has 0 amide bonds. The van der Waals surface area contributed by atoms with Gasteiger partial charge in [-0.25, -0.2) is 0 Å². The third-order valence-corrected chi connectivity index (χ3v) is 4.20. The van der Waals surface area contributed by atoms with Crippen molar-refractivity contribution in [3.05, 3.63) is 0 Å². The van der Waals surface area contributed by atoms with E-state index in [0.717, 1.165) is 31.7 Å². The van der Waals surface area contributed by atoms with E-state index < -0.39 is 0 Å². The topological polar surface area (TPSA) is 21.3 Å². The molecule has 0 bridgehead atoms. The van der Waals surface area contributed by atoms with E-state index in [0.29, 0.717) is 5.92 Å². The lowest BCUT2D eigenvalue weighted by Gasteiger charge is -2.20. The summed E-state index contributed by atoms with van der Waals surface area (Å²) in [6, 6.07) is 0.729. The van der Waals surface area contributed by atoms with Crippen molar-refractivity contribution in [3.8, 4) is 0 Å². The second-order valence-corrected chi connectivity index (χ2v) is 6.19. The third kappa shape index (κ3) is 5.55. The average Bonchev–Trinajstić information content (AvgIpc) is 2.69. The minimum absolute atomic E-state index is 0.659. The summed E-state index contributed by atoms with van der Waals surface area (Å²) in [5.74, 6) is 4.08. The van der Waals surface area contributed by atoms with Gasteiger partial charge in [0.1, 0.15) is 0 Å². The summed E-state index contributed by atoms with van der Waals surface area (Å²) in [5.41, 5.74) is 0. The Kier molecular flexibility index (Phi) is 7.50. The van der Waals surface area contributed by atoms with Crippen LogP contribution in [0, 0.1) is 11.8 Å². The molecule has 16 heavy (non-hydrogen) atoms. The third-order valence-electron chi connectivity index (χ3n) is 2.94. The Morgan fingerprint density at radius 2 is 2.19 bits per heavy atom. The molecule has 96 valence electrons. The average molecular weight is 245 g/mol. The van der Waals surface area contributed by atoms with Gasteiger partial charge in [-0.3, -0.25) is 0 Å². The van der Waals surface area contributed by atoms with Crippen LogP contribution in [-0.2, 0) is 4.74 Å². The van der Waals surface area contributed by atoms with Gasteiger partial charge < -0.3 is 10.1 Å². The minimum atomic E-state index is 0.659. The standard InChI is InChI=1S/C13H27NOS/c1-4-6-14-13-10-16-9-12(13)5-7-15-8-11(2)3/h11-14H,4-10H2,1-3H3. The predicted molar refractivity (Wildman–Crippen MR) is 73.2 cm³/mol.